The van der Waals surface area contributed by atoms with Crippen molar-refractivity contribution in [1.29, 1.82) is 0 Å². The van der Waals surface area contributed by atoms with E-state index in [1.807, 2.05) is 0 Å². The highest BCUT2D eigenvalue weighted by Gasteiger charge is 2.31. The van der Waals surface area contributed by atoms with Crippen LogP contribution in [0.5, 0.6) is 11.5 Å². The summed E-state index contributed by atoms with van der Waals surface area (Å²) in [4.78, 5) is 10.1. The zero-order chi connectivity index (χ0) is 16.5. The Morgan fingerprint density at radius 1 is 1.18 bits per heavy atom. The van der Waals surface area contributed by atoms with Gasteiger partial charge in [0.15, 0.2) is 0 Å². The summed E-state index contributed by atoms with van der Waals surface area (Å²) in [5.41, 5.74) is -0.970. The molecule has 8 heteroatoms. The second-order valence-electron chi connectivity index (χ2n) is 4.29. The first kappa shape index (κ1) is 16.1. The van der Waals surface area contributed by atoms with Crippen molar-refractivity contribution >= 4 is 17.3 Å². The Hall–Kier alpha value is -2.28. The van der Waals surface area contributed by atoms with E-state index in [1.165, 1.54) is 18.2 Å². The van der Waals surface area contributed by atoms with E-state index in [0.717, 1.165) is 18.2 Å². The molecule has 0 aliphatic carbocycles. The molecule has 0 bridgehead atoms. The molecule has 0 spiro atoms. The summed E-state index contributed by atoms with van der Waals surface area (Å²) in [6.45, 7) is 3.51. The van der Waals surface area contributed by atoms with Crippen LogP contribution in [0.25, 0.3) is 0 Å². The summed E-state index contributed by atoms with van der Waals surface area (Å²) in [5.74, 6) is 0.181. The van der Waals surface area contributed by atoms with E-state index in [0.29, 0.717) is 0 Å². The Balaban J connectivity index is 2.28. The number of nitrogens with zero attached hydrogens (tertiary/aromatic N) is 1. The number of alkyl halides is 3. The lowest BCUT2D eigenvalue weighted by Crippen LogP contribution is -2.04. The van der Waals surface area contributed by atoms with E-state index >= 15 is 0 Å². The number of nitro benzene ring substituents is 1. The highest BCUT2D eigenvalue weighted by atomic mass is 35.5. The number of hydrogen-bond donors (Lipinski definition) is 0. The fourth-order valence-electron chi connectivity index (χ4n) is 1.69. The van der Waals surface area contributed by atoms with E-state index in [1.54, 1.807) is 0 Å². The van der Waals surface area contributed by atoms with Crippen LogP contribution in [-0.2, 0) is 6.18 Å². The van der Waals surface area contributed by atoms with Gasteiger partial charge in [-0.3, -0.25) is 10.1 Å². The van der Waals surface area contributed by atoms with Crippen molar-refractivity contribution < 1.29 is 22.8 Å². The van der Waals surface area contributed by atoms with Gasteiger partial charge < -0.3 is 4.74 Å². The van der Waals surface area contributed by atoms with Crippen LogP contribution in [0.15, 0.2) is 36.4 Å². The first-order valence-electron chi connectivity index (χ1n) is 5.83. The van der Waals surface area contributed by atoms with Crippen LogP contribution >= 0.6 is 11.6 Å². The summed E-state index contributed by atoms with van der Waals surface area (Å²) in [6, 6.07) is 6.45. The number of ether oxygens (including phenoxy) is 1. The molecular weight excluding hydrogens is 323 g/mol. The molecule has 0 aromatic heterocycles. The monoisotopic (exact) mass is 330 g/mol. The average Bonchev–Trinajstić information content (AvgIpc) is 2.39. The molecule has 0 saturated carbocycles. The Kier molecular flexibility index (Phi) is 4.27. The molecule has 0 unspecified atom stereocenters. The lowest BCUT2D eigenvalue weighted by molar-refractivity contribution is -0.385. The third kappa shape index (κ3) is 3.48. The van der Waals surface area contributed by atoms with Crippen LogP contribution in [0.2, 0.25) is 5.02 Å². The highest BCUT2D eigenvalue weighted by Crippen LogP contribution is 2.37. The maximum Gasteiger partial charge on any atom is 0.416 e. The van der Waals surface area contributed by atoms with Crippen molar-refractivity contribution in [2.75, 3.05) is 0 Å². The molecule has 0 fully saturated rings. The number of benzene rings is 2. The second kappa shape index (κ2) is 5.84. The highest BCUT2D eigenvalue weighted by molar-refractivity contribution is 6.32. The quantitative estimate of drug-likeness (QED) is 0.571. The lowest BCUT2D eigenvalue weighted by atomic mass is 10.2. The first-order chi connectivity index (χ1) is 10.2. The largest absolute Gasteiger partial charge is 0.456 e. The molecule has 22 heavy (non-hydrogen) atoms. The summed E-state index contributed by atoms with van der Waals surface area (Å²) in [5, 5.41) is 10.5. The molecular formula is C14H8ClF3NO3. The Morgan fingerprint density at radius 2 is 1.86 bits per heavy atom. The Bertz CT molecular complexity index is 732. The molecule has 0 N–H and O–H groups in total. The van der Waals surface area contributed by atoms with Crippen LogP contribution in [0.4, 0.5) is 18.9 Å². The summed E-state index contributed by atoms with van der Waals surface area (Å²) in [7, 11) is 0. The van der Waals surface area contributed by atoms with Crippen LogP contribution < -0.4 is 4.74 Å². The van der Waals surface area contributed by atoms with Gasteiger partial charge in [0.1, 0.15) is 11.5 Å². The lowest BCUT2D eigenvalue weighted by Gasteiger charge is -2.11. The minimum absolute atomic E-state index is 0.00270. The van der Waals surface area contributed by atoms with Gasteiger partial charge >= 0.3 is 6.18 Å². The Labute approximate surface area is 128 Å². The van der Waals surface area contributed by atoms with Gasteiger partial charge in [-0.2, -0.15) is 13.2 Å². The van der Waals surface area contributed by atoms with Crippen LogP contribution in [0.1, 0.15) is 11.1 Å². The molecule has 115 valence electrons. The molecule has 0 saturated heterocycles. The molecule has 0 aliphatic rings. The van der Waals surface area contributed by atoms with E-state index in [-0.39, 0.29) is 27.8 Å². The van der Waals surface area contributed by atoms with Gasteiger partial charge in [0.2, 0.25) is 0 Å². The summed E-state index contributed by atoms with van der Waals surface area (Å²) >= 11 is 5.76. The van der Waals surface area contributed by atoms with E-state index in [9.17, 15) is 23.3 Å². The molecule has 2 aromatic carbocycles. The van der Waals surface area contributed by atoms with E-state index < -0.39 is 16.7 Å². The Morgan fingerprint density at radius 3 is 2.36 bits per heavy atom. The minimum Gasteiger partial charge on any atom is -0.456 e. The molecule has 0 amide bonds. The predicted octanol–water partition coefficient (Wildman–Crippen LogP) is 5.24. The average molecular weight is 331 g/mol. The molecule has 0 aliphatic heterocycles. The maximum atomic E-state index is 12.5. The first-order valence-corrected chi connectivity index (χ1v) is 6.21. The van der Waals surface area contributed by atoms with Crippen LogP contribution in [0, 0.1) is 17.0 Å². The fraction of sp³-hybridized carbons (Fsp3) is 0.0714. The van der Waals surface area contributed by atoms with Gasteiger partial charge in [-0.15, -0.1) is 0 Å². The van der Waals surface area contributed by atoms with Crippen molar-refractivity contribution in [3.8, 4) is 11.5 Å². The van der Waals surface area contributed by atoms with Gasteiger partial charge in [0, 0.05) is 11.6 Å². The van der Waals surface area contributed by atoms with Crippen LogP contribution in [0.3, 0.4) is 0 Å². The number of hydrogen-bond acceptors (Lipinski definition) is 3. The third-order valence-electron chi connectivity index (χ3n) is 2.73. The van der Waals surface area contributed by atoms with Gasteiger partial charge in [-0.05, 0) is 37.3 Å². The molecule has 0 heterocycles. The topological polar surface area (TPSA) is 52.4 Å². The molecule has 1 radical (unpaired) electrons. The van der Waals surface area contributed by atoms with E-state index in [2.05, 4.69) is 6.92 Å². The second-order valence-corrected chi connectivity index (χ2v) is 4.70. The minimum atomic E-state index is -4.50. The van der Waals surface area contributed by atoms with Gasteiger partial charge in [-0.25, -0.2) is 0 Å². The standard InChI is InChI=1S/C14H8ClF3NO3/c1-8-6-10(3-4-12(8)19(20)21)22-13-5-2-9(7-11(13)15)14(16,17)18/h2-7H,1H2. The van der Waals surface area contributed by atoms with Crippen molar-refractivity contribution in [1.82, 2.24) is 0 Å². The van der Waals surface area contributed by atoms with Crippen LogP contribution in [-0.4, -0.2) is 4.92 Å². The zero-order valence-electron chi connectivity index (χ0n) is 10.9. The third-order valence-corrected chi connectivity index (χ3v) is 3.03. The van der Waals surface area contributed by atoms with Gasteiger partial charge in [0.25, 0.3) is 5.69 Å². The zero-order valence-corrected chi connectivity index (χ0v) is 11.6. The molecule has 2 aromatic rings. The molecule has 2 rings (SSSR count). The maximum absolute atomic E-state index is 12.5. The number of rotatable bonds is 3. The normalized spacial score (nSPS) is 11.3. The summed E-state index contributed by atoms with van der Waals surface area (Å²) in [6.07, 6.45) is -4.50. The van der Waals surface area contributed by atoms with Crippen molar-refractivity contribution in [3.63, 3.8) is 0 Å². The van der Waals surface area contributed by atoms with Crippen molar-refractivity contribution in [2.45, 2.75) is 6.18 Å². The van der Waals surface area contributed by atoms with Gasteiger partial charge in [-0.1, -0.05) is 11.6 Å². The van der Waals surface area contributed by atoms with E-state index in [4.69, 9.17) is 16.3 Å². The van der Waals surface area contributed by atoms with Crippen molar-refractivity contribution in [2.24, 2.45) is 0 Å². The molecule has 0 atom stereocenters. The SMILES string of the molecule is [CH2]c1cc(Oc2ccc(C(F)(F)F)cc2Cl)ccc1[N+](=O)[O-]. The molecule has 4 nitrogen and oxygen atoms in total. The van der Waals surface area contributed by atoms with Gasteiger partial charge in [0.05, 0.1) is 15.5 Å². The summed E-state index contributed by atoms with van der Waals surface area (Å²) < 4.78 is 42.9. The van der Waals surface area contributed by atoms with Crippen molar-refractivity contribution in [3.05, 3.63) is 69.6 Å². The number of nitro groups is 1. The number of halogens is 4. The fourth-order valence-corrected chi connectivity index (χ4v) is 1.91. The smallest absolute Gasteiger partial charge is 0.416 e. The predicted molar refractivity (Wildman–Crippen MR) is 74.1 cm³/mol.